The zero-order valence-corrected chi connectivity index (χ0v) is 20.4. The molecule has 2 unspecified atom stereocenters. The molecule has 2 heterocycles. The summed E-state index contributed by atoms with van der Waals surface area (Å²) in [4.78, 5) is 6.89. The van der Waals surface area contributed by atoms with E-state index in [1.54, 1.807) is 25.4 Å². The van der Waals surface area contributed by atoms with Crippen LogP contribution in [0.15, 0.2) is 42.6 Å². The molecular formula is C27H34FN3O3. The molecular weight excluding hydrogens is 433 g/mol. The zero-order valence-electron chi connectivity index (χ0n) is 20.4. The fraction of sp³-hybridized carbons (Fsp3) is 0.444. The van der Waals surface area contributed by atoms with E-state index in [9.17, 15) is 4.39 Å². The Balaban J connectivity index is 0.00000133. The van der Waals surface area contributed by atoms with Crippen LogP contribution in [0.3, 0.4) is 0 Å². The third kappa shape index (κ3) is 5.04. The smallest absolute Gasteiger partial charge is 0.167 e. The van der Waals surface area contributed by atoms with Gasteiger partial charge in [-0.2, -0.15) is 0 Å². The maximum atomic E-state index is 14.2. The predicted octanol–water partition coefficient (Wildman–Crippen LogP) is 5.75. The van der Waals surface area contributed by atoms with Crippen LogP contribution < -0.4 is 19.9 Å². The van der Waals surface area contributed by atoms with Crippen molar-refractivity contribution in [2.45, 2.75) is 26.7 Å². The summed E-state index contributed by atoms with van der Waals surface area (Å²) in [6.45, 7) is 7.06. The minimum absolute atomic E-state index is 0.100. The Bertz CT molecular complexity index is 1130. The molecule has 3 aromatic rings. The summed E-state index contributed by atoms with van der Waals surface area (Å²) in [5.41, 5.74) is 6.67. The van der Waals surface area contributed by atoms with Crippen molar-refractivity contribution < 1.29 is 18.6 Å². The summed E-state index contributed by atoms with van der Waals surface area (Å²) in [7, 11) is 3.82. The Hall–Kier alpha value is -3.06. The molecule has 2 aromatic carbocycles. The molecule has 182 valence electrons. The van der Waals surface area contributed by atoms with E-state index < -0.39 is 5.82 Å². The Kier molecular flexibility index (Phi) is 7.41. The molecule has 2 fully saturated rings. The number of halogens is 1. The molecule has 0 radical (unpaired) electrons. The SMILES string of the molecule is CC.COc1cc2c(Oc3ccc(N)cc3F)ccnc2cc1OCC1CC2CN(C)CC2C1. The Morgan fingerprint density at radius 3 is 2.41 bits per heavy atom. The van der Waals surface area contributed by atoms with Gasteiger partial charge in [0, 0.05) is 42.5 Å². The molecule has 0 bridgehead atoms. The highest BCUT2D eigenvalue weighted by Gasteiger charge is 2.39. The van der Waals surface area contributed by atoms with E-state index >= 15 is 0 Å². The number of hydrogen-bond donors (Lipinski definition) is 1. The van der Waals surface area contributed by atoms with Crippen LogP contribution in [-0.4, -0.2) is 43.7 Å². The molecule has 0 amide bonds. The summed E-state index contributed by atoms with van der Waals surface area (Å²) in [6, 6.07) is 9.75. The van der Waals surface area contributed by atoms with Crippen molar-refractivity contribution in [3.63, 3.8) is 0 Å². The first-order valence-electron chi connectivity index (χ1n) is 12.0. The maximum Gasteiger partial charge on any atom is 0.167 e. The summed E-state index contributed by atoms with van der Waals surface area (Å²) < 4.78 is 31.9. The van der Waals surface area contributed by atoms with Crippen LogP contribution in [0.1, 0.15) is 26.7 Å². The van der Waals surface area contributed by atoms with E-state index in [4.69, 9.17) is 19.9 Å². The third-order valence-corrected chi connectivity index (χ3v) is 6.67. The van der Waals surface area contributed by atoms with Crippen LogP contribution in [-0.2, 0) is 0 Å². The van der Waals surface area contributed by atoms with Gasteiger partial charge in [-0.3, -0.25) is 4.98 Å². The van der Waals surface area contributed by atoms with Crippen LogP contribution in [0.2, 0.25) is 0 Å². The first-order valence-corrected chi connectivity index (χ1v) is 12.0. The highest BCUT2D eigenvalue weighted by Crippen LogP contribution is 2.42. The zero-order chi connectivity index (χ0) is 24.2. The average molecular weight is 468 g/mol. The molecule has 2 aliphatic rings. The average Bonchev–Trinajstić information content (AvgIpc) is 3.37. The van der Waals surface area contributed by atoms with E-state index in [1.165, 1.54) is 38.1 Å². The van der Waals surface area contributed by atoms with E-state index in [-0.39, 0.29) is 5.75 Å². The van der Waals surface area contributed by atoms with Crippen molar-refractivity contribution in [3.05, 3.63) is 48.4 Å². The van der Waals surface area contributed by atoms with E-state index in [2.05, 4.69) is 16.9 Å². The Morgan fingerprint density at radius 2 is 1.74 bits per heavy atom. The Morgan fingerprint density at radius 1 is 1.00 bits per heavy atom. The maximum absolute atomic E-state index is 14.2. The second-order valence-corrected chi connectivity index (χ2v) is 9.01. The molecule has 2 atom stereocenters. The Labute approximate surface area is 200 Å². The number of likely N-dealkylation sites (tertiary alicyclic amines) is 1. The normalized spacial score (nSPS) is 21.6. The van der Waals surface area contributed by atoms with Gasteiger partial charge in [-0.1, -0.05) is 13.8 Å². The van der Waals surface area contributed by atoms with Crippen molar-refractivity contribution in [1.29, 1.82) is 0 Å². The van der Waals surface area contributed by atoms with Crippen LogP contribution >= 0.6 is 0 Å². The molecule has 7 heteroatoms. The van der Waals surface area contributed by atoms with Gasteiger partial charge in [-0.05, 0) is 61.9 Å². The highest BCUT2D eigenvalue weighted by atomic mass is 19.1. The molecule has 34 heavy (non-hydrogen) atoms. The van der Waals surface area contributed by atoms with Gasteiger partial charge in [0.15, 0.2) is 23.1 Å². The first-order chi connectivity index (χ1) is 16.5. The van der Waals surface area contributed by atoms with Gasteiger partial charge in [0.2, 0.25) is 0 Å². The number of ether oxygens (including phenoxy) is 3. The lowest BCUT2D eigenvalue weighted by Crippen LogP contribution is -2.18. The number of anilines is 1. The summed E-state index contributed by atoms with van der Waals surface area (Å²) in [5, 5.41) is 0.714. The number of fused-ring (bicyclic) bond motifs is 2. The van der Waals surface area contributed by atoms with Crippen molar-refractivity contribution >= 4 is 16.6 Å². The second kappa shape index (κ2) is 10.5. The number of hydrogen-bond acceptors (Lipinski definition) is 6. The number of benzene rings is 2. The van der Waals surface area contributed by atoms with Gasteiger partial charge in [-0.25, -0.2) is 4.39 Å². The van der Waals surface area contributed by atoms with Gasteiger partial charge in [0.05, 0.1) is 19.2 Å². The number of nitrogens with zero attached hydrogens (tertiary/aromatic N) is 2. The topological polar surface area (TPSA) is 69.8 Å². The summed E-state index contributed by atoms with van der Waals surface area (Å²) in [6.07, 6.45) is 4.07. The van der Waals surface area contributed by atoms with Crippen molar-refractivity contribution in [2.75, 3.05) is 39.6 Å². The van der Waals surface area contributed by atoms with E-state index in [0.717, 1.165) is 11.8 Å². The first kappa shape index (κ1) is 24.1. The fourth-order valence-electron chi connectivity index (χ4n) is 5.21. The number of aromatic nitrogens is 1. The van der Waals surface area contributed by atoms with Crippen LogP contribution in [0.5, 0.6) is 23.0 Å². The van der Waals surface area contributed by atoms with Crippen LogP contribution in [0.25, 0.3) is 10.9 Å². The lowest BCUT2D eigenvalue weighted by Gasteiger charge is -2.17. The van der Waals surface area contributed by atoms with Crippen molar-refractivity contribution in [3.8, 4) is 23.0 Å². The lowest BCUT2D eigenvalue weighted by molar-refractivity contribution is 0.227. The number of rotatable bonds is 6. The quantitative estimate of drug-likeness (QED) is 0.466. The summed E-state index contributed by atoms with van der Waals surface area (Å²) in [5.74, 6) is 3.48. The van der Waals surface area contributed by atoms with E-state index in [0.29, 0.717) is 46.4 Å². The van der Waals surface area contributed by atoms with Gasteiger partial charge in [0.1, 0.15) is 5.75 Å². The third-order valence-electron chi connectivity index (χ3n) is 6.67. The van der Waals surface area contributed by atoms with Gasteiger partial charge in [0.25, 0.3) is 0 Å². The number of nitrogens with two attached hydrogens (primary N) is 1. The van der Waals surface area contributed by atoms with Crippen LogP contribution in [0.4, 0.5) is 10.1 Å². The van der Waals surface area contributed by atoms with Gasteiger partial charge < -0.3 is 24.8 Å². The van der Waals surface area contributed by atoms with Gasteiger partial charge >= 0.3 is 0 Å². The van der Waals surface area contributed by atoms with Crippen molar-refractivity contribution in [1.82, 2.24) is 9.88 Å². The van der Waals surface area contributed by atoms with Gasteiger partial charge in [-0.15, -0.1) is 0 Å². The largest absolute Gasteiger partial charge is 0.493 e. The molecule has 1 aliphatic heterocycles. The standard InChI is InChI=1S/C25H28FN3O3.C2H6/c1-29-12-16-7-15(8-17(16)13-29)14-31-25-11-21-19(10-24(25)30-2)22(5-6-28-21)32-23-4-3-18(27)9-20(23)26;1-2/h3-6,9-11,15-17H,7-8,12-14,27H2,1-2H3;1-2H3. The lowest BCUT2D eigenvalue weighted by atomic mass is 10.0. The number of pyridine rings is 1. The minimum atomic E-state index is -0.519. The second-order valence-electron chi connectivity index (χ2n) is 9.01. The molecule has 1 aliphatic carbocycles. The molecule has 0 spiro atoms. The molecule has 1 aromatic heterocycles. The summed E-state index contributed by atoms with van der Waals surface area (Å²) >= 11 is 0. The number of methoxy groups -OCH3 is 1. The molecule has 2 N–H and O–H groups in total. The van der Waals surface area contributed by atoms with E-state index in [1.807, 2.05) is 26.0 Å². The number of nitrogen functional groups attached to an aromatic ring is 1. The minimum Gasteiger partial charge on any atom is -0.493 e. The molecule has 1 saturated carbocycles. The predicted molar refractivity (Wildman–Crippen MR) is 133 cm³/mol. The molecule has 1 saturated heterocycles. The van der Waals surface area contributed by atoms with Crippen molar-refractivity contribution in [2.24, 2.45) is 17.8 Å². The molecule has 5 rings (SSSR count). The fourth-order valence-corrected chi connectivity index (χ4v) is 5.21. The monoisotopic (exact) mass is 467 g/mol. The van der Waals surface area contributed by atoms with Crippen LogP contribution in [0, 0.1) is 23.6 Å². The highest BCUT2D eigenvalue weighted by molar-refractivity contribution is 5.88. The molecule has 6 nitrogen and oxygen atoms in total.